The predicted molar refractivity (Wildman–Crippen MR) is 83.7 cm³/mol. The van der Waals surface area contributed by atoms with Gasteiger partial charge < -0.3 is 10.5 Å². The predicted octanol–water partition coefficient (Wildman–Crippen LogP) is 3.04. The maximum absolute atomic E-state index is 6.57. The monoisotopic (exact) mass is 291 g/mol. The first-order valence-electron chi connectivity index (χ1n) is 8.15. The summed E-state index contributed by atoms with van der Waals surface area (Å²) in [5, 5.41) is 4.27. The lowest BCUT2D eigenvalue weighted by molar-refractivity contribution is -0.0943. The highest BCUT2D eigenvalue weighted by Gasteiger charge is 2.62. The van der Waals surface area contributed by atoms with Gasteiger partial charge in [-0.1, -0.05) is 20.8 Å². The Bertz CT molecular complexity index is 522. The smallest absolute Gasteiger partial charge is 0.101 e. The Morgan fingerprint density at radius 2 is 2.14 bits per heavy atom. The van der Waals surface area contributed by atoms with Crippen LogP contribution in [0.25, 0.3) is 0 Å². The minimum absolute atomic E-state index is 0.0277. The Morgan fingerprint density at radius 1 is 1.43 bits per heavy atom. The molecule has 2 N–H and O–H groups in total. The molecule has 0 aliphatic heterocycles. The van der Waals surface area contributed by atoms with Gasteiger partial charge in [-0.2, -0.15) is 5.10 Å². The zero-order valence-electron chi connectivity index (χ0n) is 14.0. The van der Waals surface area contributed by atoms with Crippen LogP contribution in [0.3, 0.4) is 0 Å². The normalized spacial score (nSPS) is 36.9. The molecule has 2 aliphatic rings. The first-order chi connectivity index (χ1) is 9.75. The van der Waals surface area contributed by atoms with Crippen LogP contribution in [0, 0.1) is 16.7 Å². The van der Waals surface area contributed by atoms with Crippen molar-refractivity contribution in [1.29, 1.82) is 0 Å². The van der Waals surface area contributed by atoms with Crippen molar-refractivity contribution in [2.24, 2.45) is 29.5 Å². The molecule has 2 bridgehead atoms. The third-order valence-corrected chi connectivity index (χ3v) is 6.56. The van der Waals surface area contributed by atoms with Crippen molar-refractivity contribution in [2.45, 2.75) is 65.2 Å². The van der Waals surface area contributed by atoms with Crippen LogP contribution in [0.4, 0.5) is 0 Å². The van der Waals surface area contributed by atoms with E-state index in [-0.39, 0.29) is 17.6 Å². The number of hydrogen-bond acceptors (Lipinski definition) is 3. The van der Waals surface area contributed by atoms with Gasteiger partial charge >= 0.3 is 0 Å². The van der Waals surface area contributed by atoms with Gasteiger partial charge in [-0.15, -0.1) is 0 Å². The second kappa shape index (κ2) is 4.82. The average Bonchev–Trinajstić information content (AvgIpc) is 2.96. The van der Waals surface area contributed by atoms with Crippen molar-refractivity contribution < 1.29 is 4.74 Å². The molecule has 1 aromatic heterocycles. The van der Waals surface area contributed by atoms with E-state index in [2.05, 4.69) is 25.9 Å². The highest BCUT2D eigenvalue weighted by molar-refractivity contribution is 5.14. The van der Waals surface area contributed by atoms with Crippen molar-refractivity contribution in [3.63, 3.8) is 0 Å². The van der Waals surface area contributed by atoms with Crippen LogP contribution < -0.4 is 5.73 Å². The molecule has 0 amide bonds. The van der Waals surface area contributed by atoms with E-state index in [9.17, 15) is 0 Å². The average molecular weight is 291 g/mol. The fraction of sp³-hybridized carbons (Fsp3) is 0.824. The van der Waals surface area contributed by atoms with Gasteiger partial charge in [0.2, 0.25) is 0 Å². The molecule has 0 spiro atoms. The van der Waals surface area contributed by atoms with Crippen molar-refractivity contribution in [3.8, 4) is 0 Å². The van der Waals surface area contributed by atoms with E-state index in [0.717, 1.165) is 11.5 Å². The first-order valence-corrected chi connectivity index (χ1v) is 8.15. The van der Waals surface area contributed by atoms with E-state index < -0.39 is 0 Å². The lowest BCUT2D eigenvalue weighted by atomic mass is 9.70. The topological polar surface area (TPSA) is 53.1 Å². The highest BCUT2D eigenvalue weighted by atomic mass is 16.5. The summed E-state index contributed by atoms with van der Waals surface area (Å²) >= 11 is 0. The third kappa shape index (κ3) is 2.15. The van der Waals surface area contributed by atoms with Gasteiger partial charge in [0.1, 0.15) is 6.10 Å². The number of aryl methyl sites for hydroxylation is 1. The lowest BCUT2D eigenvalue weighted by Gasteiger charge is -2.40. The van der Waals surface area contributed by atoms with Gasteiger partial charge in [-0.3, -0.25) is 4.68 Å². The Kier molecular flexibility index (Phi) is 3.45. The number of fused-ring (bicyclic) bond motifs is 2. The first kappa shape index (κ1) is 15.0. The molecule has 1 heterocycles. The van der Waals surface area contributed by atoms with Gasteiger partial charge in [0.15, 0.2) is 0 Å². The molecule has 4 nitrogen and oxygen atoms in total. The van der Waals surface area contributed by atoms with Crippen LogP contribution in [0.2, 0.25) is 0 Å². The van der Waals surface area contributed by atoms with Crippen molar-refractivity contribution in [3.05, 3.63) is 18.0 Å². The Labute approximate surface area is 128 Å². The Balaban J connectivity index is 1.82. The summed E-state index contributed by atoms with van der Waals surface area (Å²) in [6.45, 7) is 9.27. The van der Waals surface area contributed by atoms with Gasteiger partial charge in [-0.05, 0) is 42.9 Å². The van der Waals surface area contributed by atoms with Crippen LogP contribution in [-0.4, -0.2) is 21.9 Å². The summed E-state index contributed by atoms with van der Waals surface area (Å²) in [6.07, 6.45) is 7.95. The summed E-state index contributed by atoms with van der Waals surface area (Å²) in [5.41, 5.74) is 7.94. The molecule has 1 aromatic rings. The van der Waals surface area contributed by atoms with Gasteiger partial charge in [0.05, 0.1) is 12.3 Å². The number of nitrogens with zero attached hydrogens (tertiary/aromatic N) is 2. The minimum Gasteiger partial charge on any atom is -0.368 e. The molecule has 0 radical (unpaired) electrons. The van der Waals surface area contributed by atoms with Crippen LogP contribution in [0.15, 0.2) is 12.4 Å². The van der Waals surface area contributed by atoms with E-state index in [0.29, 0.717) is 11.5 Å². The third-order valence-electron chi connectivity index (χ3n) is 6.56. The van der Waals surface area contributed by atoms with E-state index in [4.69, 9.17) is 10.5 Å². The van der Waals surface area contributed by atoms with Gasteiger partial charge in [0.25, 0.3) is 0 Å². The second-order valence-corrected chi connectivity index (χ2v) is 7.96. The van der Waals surface area contributed by atoms with Gasteiger partial charge in [-0.25, -0.2) is 0 Å². The zero-order chi connectivity index (χ0) is 15.4. The molecule has 118 valence electrons. The highest BCUT2D eigenvalue weighted by Crippen LogP contribution is 2.66. The minimum atomic E-state index is -0.0596. The number of ether oxygens (including phenoxy) is 1. The van der Waals surface area contributed by atoms with E-state index in [1.807, 2.05) is 31.0 Å². The molecule has 21 heavy (non-hydrogen) atoms. The van der Waals surface area contributed by atoms with E-state index in [1.54, 1.807) is 0 Å². The number of rotatable bonds is 4. The summed E-state index contributed by atoms with van der Waals surface area (Å²) < 4.78 is 8.39. The molecule has 5 unspecified atom stereocenters. The fourth-order valence-corrected chi connectivity index (χ4v) is 4.61. The molecule has 5 atom stereocenters. The fourth-order valence-electron chi connectivity index (χ4n) is 4.61. The molecule has 0 aromatic carbocycles. The molecule has 4 heteroatoms. The van der Waals surface area contributed by atoms with Crippen molar-refractivity contribution in [2.75, 3.05) is 0 Å². The van der Waals surface area contributed by atoms with E-state index >= 15 is 0 Å². The standard InChI is InChI=1S/C17H29N3O/c1-11(18)15(12-9-19-20(5)10-12)21-14-8-13-6-7-17(14,4)16(13,2)3/h9-11,13-15H,6-8,18H2,1-5H3. The maximum atomic E-state index is 6.57. The molecular formula is C17H29N3O. The summed E-state index contributed by atoms with van der Waals surface area (Å²) in [7, 11) is 1.93. The van der Waals surface area contributed by atoms with Crippen LogP contribution in [-0.2, 0) is 11.8 Å². The SMILES string of the molecule is CC(N)C(OC1CC2CCC1(C)C2(C)C)c1cnn(C)c1. The van der Waals surface area contributed by atoms with E-state index in [1.165, 1.54) is 19.3 Å². The number of hydrogen-bond donors (Lipinski definition) is 1. The largest absolute Gasteiger partial charge is 0.368 e. The Hall–Kier alpha value is -0.870. The Morgan fingerprint density at radius 3 is 2.57 bits per heavy atom. The molecule has 2 aliphatic carbocycles. The summed E-state index contributed by atoms with van der Waals surface area (Å²) in [5.74, 6) is 0.787. The van der Waals surface area contributed by atoms with Gasteiger partial charge in [0, 0.05) is 24.8 Å². The molecule has 3 rings (SSSR count). The van der Waals surface area contributed by atoms with Crippen LogP contribution in [0.5, 0.6) is 0 Å². The van der Waals surface area contributed by atoms with Crippen LogP contribution >= 0.6 is 0 Å². The molecule has 2 saturated carbocycles. The van der Waals surface area contributed by atoms with Crippen molar-refractivity contribution in [1.82, 2.24) is 9.78 Å². The quantitative estimate of drug-likeness (QED) is 0.927. The zero-order valence-corrected chi connectivity index (χ0v) is 14.0. The maximum Gasteiger partial charge on any atom is 0.101 e. The lowest BCUT2D eigenvalue weighted by Crippen LogP contribution is -2.40. The molecule has 0 saturated heterocycles. The second-order valence-electron chi connectivity index (χ2n) is 7.96. The molecule has 2 fully saturated rings. The summed E-state index contributed by atoms with van der Waals surface area (Å²) in [4.78, 5) is 0. The summed E-state index contributed by atoms with van der Waals surface area (Å²) in [6, 6.07) is -0.0277. The number of nitrogens with two attached hydrogens (primary N) is 1. The van der Waals surface area contributed by atoms with Crippen LogP contribution in [0.1, 0.15) is 58.6 Å². The van der Waals surface area contributed by atoms with Crippen molar-refractivity contribution >= 4 is 0 Å². The number of aromatic nitrogens is 2. The molecular weight excluding hydrogens is 262 g/mol.